The summed E-state index contributed by atoms with van der Waals surface area (Å²) in [5.74, 6) is -0.354. The van der Waals surface area contributed by atoms with Crippen LogP contribution in [0.3, 0.4) is 0 Å². The summed E-state index contributed by atoms with van der Waals surface area (Å²) >= 11 is 0. The second kappa shape index (κ2) is 7.47. The maximum Gasteiger partial charge on any atom is 0.416 e. The zero-order chi connectivity index (χ0) is 17.0. The van der Waals surface area contributed by atoms with Crippen molar-refractivity contribution in [2.24, 2.45) is 0 Å². The lowest BCUT2D eigenvalue weighted by Gasteiger charge is -2.19. The Balaban J connectivity index is 1.94. The van der Waals surface area contributed by atoms with Gasteiger partial charge in [0.2, 0.25) is 5.91 Å². The molecule has 1 aliphatic carbocycles. The predicted octanol–water partition coefficient (Wildman–Crippen LogP) is 3.36. The molecule has 1 saturated carbocycles. The summed E-state index contributed by atoms with van der Waals surface area (Å²) in [5.41, 5.74) is -0.326. The van der Waals surface area contributed by atoms with Gasteiger partial charge in [0.25, 0.3) is 0 Å². The number of rotatable bonds is 5. The maximum absolute atomic E-state index is 12.7. The molecule has 128 valence electrons. The Kier molecular flexibility index (Phi) is 5.84. The number of carbonyl (C=O) groups excluding carboxylic acids is 1. The summed E-state index contributed by atoms with van der Waals surface area (Å²) in [6.45, 7) is 0.0740. The molecule has 0 aromatic heterocycles. The van der Waals surface area contributed by atoms with Crippen LogP contribution in [0.1, 0.15) is 36.8 Å². The zero-order valence-corrected chi connectivity index (χ0v) is 13.8. The summed E-state index contributed by atoms with van der Waals surface area (Å²) in [4.78, 5) is 13.4. The summed E-state index contributed by atoms with van der Waals surface area (Å²) in [5, 5.41) is 0.0842. The second-order valence-corrected chi connectivity index (χ2v) is 7.60. The molecular weight excluding hydrogens is 327 g/mol. The fourth-order valence-corrected chi connectivity index (χ4v) is 4.27. The van der Waals surface area contributed by atoms with Crippen LogP contribution in [0.4, 0.5) is 13.2 Å². The molecule has 1 aromatic rings. The topological polar surface area (TPSA) is 37.4 Å². The fourth-order valence-electron chi connectivity index (χ4n) is 2.71. The van der Waals surface area contributed by atoms with Crippen LogP contribution in [0.2, 0.25) is 0 Å². The summed E-state index contributed by atoms with van der Waals surface area (Å²) in [7, 11) is 0.329. The first-order valence-corrected chi connectivity index (χ1v) is 8.93. The molecule has 0 aliphatic heterocycles. The molecule has 7 heteroatoms. The van der Waals surface area contributed by atoms with E-state index in [9.17, 15) is 22.2 Å². The molecule has 2 rings (SSSR count). The fraction of sp³-hybridized carbons (Fsp3) is 0.562. The largest absolute Gasteiger partial charge is 0.416 e. The number of hydrogen-bond acceptors (Lipinski definition) is 2. The number of hydrogen-bond donors (Lipinski definition) is 0. The van der Waals surface area contributed by atoms with Crippen LogP contribution in [0.15, 0.2) is 24.3 Å². The van der Waals surface area contributed by atoms with E-state index in [0.29, 0.717) is 5.56 Å². The Labute approximate surface area is 136 Å². The third-order valence-electron chi connectivity index (χ3n) is 4.04. The van der Waals surface area contributed by atoms with Gasteiger partial charge in [-0.25, -0.2) is 0 Å². The lowest BCUT2D eigenvalue weighted by Crippen LogP contribution is -2.32. The molecule has 0 bridgehead atoms. The van der Waals surface area contributed by atoms with Gasteiger partial charge in [-0.15, -0.1) is 0 Å². The van der Waals surface area contributed by atoms with E-state index in [4.69, 9.17) is 0 Å². The van der Waals surface area contributed by atoms with Gasteiger partial charge >= 0.3 is 6.18 Å². The monoisotopic (exact) mass is 347 g/mol. The van der Waals surface area contributed by atoms with Gasteiger partial charge in [-0.3, -0.25) is 9.00 Å². The Morgan fingerprint density at radius 3 is 2.57 bits per heavy atom. The van der Waals surface area contributed by atoms with E-state index < -0.39 is 22.5 Å². The summed E-state index contributed by atoms with van der Waals surface area (Å²) in [6, 6.07) is 4.91. The molecule has 1 aromatic carbocycles. The Morgan fingerprint density at radius 2 is 1.96 bits per heavy atom. The van der Waals surface area contributed by atoms with Crippen LogP contribution in [-0.4, -0.2) is 33.1 Å². The lowest BCUT2D eigenvalue weighted by atomic mass is 10.1. The van der Waals surface area contributed by atoms with E-state index in [1.54, 1.807) is 6.07 Å². The predicted molar refractivity (Wildman–Crippen MR) is 83.2 cm³/mol. The molecule has 0 spiro atoms. The number of halogens is 3. The molecule has 0 unspecified atom stereocenters. The van der Waals surface area contributed by atoms with Crippen molar-refractivity contribution in [2.45, 2.75) is 43.7 Å². The SMILES string of the molecule is CN(Cc1cccc(C(F)(F)F)c1)C(=O)C[S@@](=O)C1CCCC1. The van der Waals surface area contributed by atoms with Gasteiger partial charge in [-0.2, -0.15) is 13.2 Å². The first-order chi connectivity index (χ1) is 10.8. The zero-order valence-electron chi connectivity index (χ0n) is 12.9. The van der Waals surface area contributed by atoms with Crippen molar-refractivity contribution in [3.05, 3.63) is 35.4 Å². The van der Waals surface area contributed by atoms with Crippen LogP contribution < -0.4 is 0 Å². The molecule has 1 amide bonds. The Bertz CT molecular complexity index is 583. The Morgan fingerprint density at radius 1 is 1.30 bits per heavy atom. The molecule has 23 heavy (non-hydrogen) atoms. The normalized spacial score (nSPS) is 17.2. The molecule has 0 saturated heterocycles. The van der Waals surface area contributed by atoms with Crippen LogP contribution in [0.25, 0.3) is 0 Å². The van der Waals surface area contributed by atoms with Gasteiger partial charge in [0.1, 0.15) is 5.75 Å². The summed E-state index contributed by atoms with van der Waals surface area (Å²) < 4.78 is 50.2. The van der Waals surface area contributed by atoms with Crippen molar-refractivity contribution in [2.75, 3.05) is 12.8 Å². The van der Waals surface area contributed by atoms with E-state index in [1.807, 2.05) is 0 Å². The number of benzene rings is 1. The minimum atomic E-state index is -4.40. The highest BCUT2D eigenvalue weighted by atomic mass is 32.2. The molecule has 1 aliphatic rings. The first kappa shape index (κ1) is 18.0. The van der Waals surface area contributed by atoms with Crippen molar-refractivity contribution in [1.29, 1.82) is 0 Å². The highest BCUT2D eigenvalue weighted by molar-refractivity contribution is 7.86. The molecule has 3 nitrogen and oxygen atoms in total. The standard InChI is InChI=1S/C16H20F3NO2S/c1-20(15(21)11-23(22)14-7-2-3-8-14)10-12-5-4-6-13(9-12)16(17,18)19/h4-6,9,14H,2-3,7-8,10-11H2,1H3/t23-/m1/s1. The third-order valence-corrected chi connectivity index (χ3v) is 5.79. The molecule has 0 N–H and O–H groups in total. The lowest BCUT2D eigenvalue weighted by molar-refractivity contribution is -0.137. The molecule has 1 fully saturated rings. The van der Waals surface area contributed by atoms with Crippen LogP contribution >= 0.6 is 0 Å². The van der Waals surface area contributed by atoms with Crippen molar-refractivity contribution >= 4 is 16.7 Å². The van der Waals surface area contributed by atoms with Gasteiger partial charge in [0.15, 0.2) is 0 Å². The minimum Gasteiger partial charge on any atom is -0.341 e. The average Bonchev–Trinajstić information content (AvgIpc) is 3.00. The maximum atomic E-state index is 12.7. The van der Waals surface area contributed by atoms with Gasteiger partial charge in [-0.05, 0) is 30.5 Å². The molecule has 1 atom stereocenters. The summed E-state index contributed by atoms with van der Waals surface area (Å²) in [6.07, 6.45) is -0.535. The van der Waals surface area contributed by atoms with E-state index >= 15 is 0 Å². The van der Waals surface area contributed by atoms with Gasteiger partial charge in [0.05, 0.1) is 5.56 Å². The third kappa shape index (κ3) is 5.06. The number of amides is 1. The second-order valence-electron chi connectivity index (χ2n) is 5.88. The number of alkyl halides is 3. The van der Waals surface area contributed by atoms with E-state index in [2.05, 4.69) is 0 Å². The molecule has 0 heterocycles. The minimum absolute atomic E-state index is 0.0554. The van der Waals surface area contributed by atoms with Gasteiger partial charge in [0, 0.05) is 29.6 Å². The van der Waals surface area contributed by atoms with Gasteiger partial charge < -0.3 is 4.90 Å². The van der Waals surface area contributed by atoms with Crippen LogP contribution in [0, 0.1) is 0 Å². The van der Waals surface area contributed by atoms with Crippen molar-refractivity contribution in [3.8, 4) is 0 Å². The van der Waals surface area contributed by atoms with Gasteiger partial charge in [-0.1, -0.05) is 25.0 Å². The number of carbonyl (C=O) groups is 1. The quantitative estimate of drug-likeness (QED) is 0.819. The Hall–Kier alpha value is -1.37. The average molecular weight is 347 g/mol. The van der Waals surface area contributed by atoms with Crippen molar-refractivity contribution < 1.29 is 22.2 Å². The van der Waals surface area contributed by atoms with Crippen LogP contribution in [-0.2, 0) is 28.3 Å². The van der Waals surface area contributed by atoms with E-state index in [-0.39, 0.29) is 23.5 Å². The number of nitrogens with zero attached hydrogens (tertiary/aromatic N) is 1. The van der Waals surface area contributed by atoms with E-state index in [1.165, 1.54) is 18.0 Å². The van der Waals surface area contributed by atoms with Crippen molar-refractivity contribution in [1.82, 2.24) is 4.90 Å². The van der Waals surface area contributed by atoms with E-state index in [0.717, 1.165) is 37.8 Å². The molecular formula is C16H20F3NO2S. The van der Waals surface area contributed by atoms with Crippen LogP contribution in [0.5, 0.6) is 0 Å². The smallest absolute Gasteiger partial charge is 0.341 e. The highest BCUT2D eigenvalue weighted by Gasteiger charge is 2.30. The molecule has 0 radical (unpaired) electrons. The van der Waals surface area contributed by atoms with Crippen molar-refractivity contribution in [3.63, 3.8) is 0 Å². The first-order valence-electron chi connectivity index (χ1n) is 7.54. The highest BCUT2D eigenvalue weighted by Crippen LogP contribution is 2.29.